The molecule has 1 aliphatic carbocycles. The highest BCUT2D eigenvalue weighted by Crippen LogP contribution is 2.23. The highest BCUT2D eigenvalue weighted by atomic mass is 32.1. The minimum absolute atomic E-state index is 0.0909. The summed E-state index contributed by atoms with van der Waals surface area (Å²) in [4.78, 5) is 11.1. The van der Waals surface area contributed by atoms with Crippen molar-refractivity contribution >= 4 is 34.6 Å². The molecule has 2 rings (SSSR count). The Kier molecular flexibility index (Phi) is 6.73. The highest BCUT2D eigenvalue weighted by Gasteiger charge is 2.21. The van der Waals surface area contributed by atoms with E-state index in [1.54, 1.807) is 0 Å². The van der Waals surface area contributed by atoms with Gasteiger partial charge in [0.05, 0.1) is 5.71 Å². The minimum atomic E-state index is -0.0909. The summed E-state index contributed by atoms with van der Waals surface area (Å²) < 4.78 is 0. The molecule has 0 aromatic heterocycles. The quantitative estimate of drug-likeness (QED) is 0.444. The van der Waals surface area contributed by atoms with Crippen LogP contribution in [0.25, 0.3) is 0 Å². The number of carbonyl (C=O) groups is 1. The second kappa shape index (κ2) is 8.78. The van der Waals surface area contributed by atoms with E-state index in [1.165, 1.54) is 26.2 Å². The first-order valence-corrected chi connectivity index (χ1v) is 8.85. The van der Waals surface area contributed by atoms with Crippen LogP contribution in [0.5, 0.6) is 0 Å². The largest absolute Gasteiger partial charge is 0.358 e. The molecule has 1 aromatic carbocycles. The van der Waals surface area contributed by atoms with Crippen molar-refractivity contribution in [3.63, 3.8) is 0 Å². The Morgan fingerprint density at radius 2 is 2.00 bits per heavy atom. The number of hydrogen-bond donors (Lipinski definition) is 3. The average Bonchev–Trinajstić information content (AvgIpc) is 2.54. The summed E-state index contributed by atoms with van der Waals surface area (Å²) in [5, 5.41) is 11.1. The van der Waals surface area contributed by atoms with Crippen molar-refractivity contribution in [2.45, 2.75) is 52.5 Å². The van der Waals surface area contributed by atoms with Crippen LogP contribution in [0.2, 0.25) is 0 Å². The van der Waals surface area contributed by atoms with E-state index < -0.39 is 0 Å². The van der Waals surface area contributed by atoms with Crippen molar-refractivity contribution < 1.29 is 4.79 Å². The summed E-state index contributed by atoms with van der Waals surface area (Å²) in [6.07, 6.45) is 4.97. The Bertz CT molecular complexity index is 629. The van der Waals surface area contributed by atoms with E-state index >= 15 is 0 Å². The molecule has 0 unspecified atom stereocenters. The van der Waals surface area contributed by atoms with Crippen LogP contribution in [0, 0.1) is 5.92 Å². The van der Waals surface area contributed by atoms with Crippen LogP contribution in [-0.4, -0.2) is 22.8 Å². The summed E-state index contributed by atoms with van der Waals surface area (Å²) in [5.41, 5.74) is 5.43. The SMILES string of the molecule is CC(=O)Nc1cccc(/C(C)=N\NC(=S)N[C@H]2CCCC[C@H]2C)c1. The lowest BCUT2D eigenvalue weighted by Gasteiger charge is -2.30. The number of thiocarbonyl (C=S) groups is 1. The molecular weight excluding hydrogens is 320 g/mol. The monoisotopic (exact) mass is 346 g/mol. The van der Waals surface area contributed by atoms with Crippen LogP contribution in [-0.2, 0) is 4.79 Å². The number of nitrogens with zero attached hydrogens (tertiary/aromatic N) is 1. The maximum Gasteiger partial charge on any atom is 0.221 e. The number of carbonyl (C=O) groups excluding carboxylic acids is 1. The third-order valence-electron chi connectivity index (χ3n) is 4.35. The highest BCUT2D eigenvalue weighted by molar-refractivity contribution is 7.80. The van der Waals surface area contributed by atoms with Gasteiger partial charge in [0.25, 0.3) is 0 Å². The molecule has 6 heteroatoms. The average molecular weight is 347 g/mol. The van der Waals surface area contributed by atoms with Crippen LogP contribution in [0.1, 0.15) is 52.0 Å². The summed E-state index contributed by atoms with van der Waals surface area (Å²) in [7, 11) is 0. The number of hydrogen-bond acceptors (Lipinski definition) is 3. The van der Waals surface area contributed by atoms with Gasteiger partial charge in [0.2, 0.25) is 5.91 Å². The zero-order chi connectivity index (χ0) is 17.5. The fourth-order valence-corrected chi connectivity index (χ4v) is 3.15. The molecule has 1 fully saturated rings. The van der Waals surface area contributed by atoms with Crippen molar-refractivity contribution in [2.75, 3.05) is 5.32 Å². The Hall–Kier alpha value is -1.95. The molecule has 0 aliphatic heterocycles. The molecule has 1 saturated carbocycles. The zero-order valence-electron chi connectivity index (χ0n) is 14.6. The first-order chi connectivity index (χ1) is 11.5. The van der Waals surface area contributed by atoms with Crippen molar-refractivity contribution in [2.24, 2.45) is 11.0 Å². The lowest BCUT2D eigenvalue weighted by molar-refractivity contribution is -0.114. The van der Waals surface area contributed by atoms with Crippen molar-refractivity contribution in [3.05, 3.63) is 29.8 Å². The molecule has 24 heavy (non-hydrogen) atoms. The molecule has 0 radical (unpaired) electrons. The predicted molar refractivity (Wildman–Crippen MR) is 103 cm³/mol. The Balaban J connectivity index is 1.93. The fraction of sp³-hybridized carbons (Fsp3) is 0.500. The number of benzene rings is 1. The van der Waals surface area contributed by atoms with E-state index in [9.17, 15) is 4.79 Å². The summed E-state index contributed by atoms with van der Waals surface area (Å²) in [5.74, 6) is 0.546. The number of hydrazone groups is 1. The topological polar surface area (TPSA) is 65.5 Å². The third-order valence-corrected chi connectivity index (χ3v) is 4.56. The second-order valence-corrected chi connectivity index (χ2v) is 6.82. The number of anilines is 1. The minimum Gasteiger partial charge on any atom is -0.358 e. The second-order valence-electron chi connectivity index (χ2n) is 6.41. The van der Waals surface area contributed by atoms with Gasteiger partial charge in [0.15, 0.2) is 5.11 Å². The molecule has 0 saturated heterocycles. The number of rotatable bonds is 4. The lowest BCUT2D eigenvalue weighted by Crippen LogP contribution is -2.44. The zero-order valence-corrected chi connectivity index (χ0v) is 15.4. The van der Waals surface area contributed by atoms with Gasteiger partial charge >= 0.3 is 0 Å². The standard InChI is InChI=1S/C18H26N4OS/c1-12-7-4-5-10-17(12)20-18(24)22-21-13(2)15-8-6-9-16(11-15)19-14(3)23/h6,8-9,11-12,17H,4-5,7,10H2,1-3H3,(H,19,23)(H2,20,22,24)/b21-13-/t12-,17+/m1/s1. The van der Waals surface area contributed by atoms with Gasteiger partial charge in [-0.2, -0.15) is 5.10 Å². The van der Waals surface area contributed by atoms with E-state index in [-0.39, 0.29) is 5.91 Å². The molecule has 1 aromatic rings. The van der Waals surface area contributed by atoms with Crippen molar-refractivity contribution in [3.8, 4) is 0 Å². The van der Waals surface area contributed by atoms with E-state index in [0.29, 0.717) is 17.1 Å². The van der Waals surface area contributed by atoms with Gasteiger partial charge in [-0.05, 0) is 55.6 Å². The molecule has 1 aliphatic rings. The van der Waals surface area contributed by atoms with E-state index in [1.807, 2.05) is 31.2 Å². The van der Waals surface area contributed by atoms with Gasteiger partial charge in [0.1, 0.15) is 0 Å². The normalized spacial score (nSPS) is 21.0. The maximum absolute atomic E-state index is 11.1. The number of nitrogens with one attached hydrogen (secondary N) is 3. The van der Waals surface area contributed by atoms with Crippen LogP contribution >= 0.6 is 12.2 Å². The van der Waals surface area contributed by atoms with Crippen LogP contribution in [0.4, 0.5) is 5.69 Å². The smallest absolute Gasteiger partial charge is 0.221 e. The van der Waals surface area contributed by atoms with Gasteiger partial charge in [-0.25, -0.2) is 0 Å². The van der Waals surface area contributed by atoms with Crippen LogP contribution < -0.4 is 16.1 Å². The van der Waals surface area contributed by atoms with E-state index in [2.05, 4.69) is 28.1 Å². The van der Waals surface area contributed by atoms with Gasteiger partial charge in [-0.15, -0.1) is 0 Å². The molecule has 0 bridgehead atoms. The molecule has 5 nitrogen and oxygen atoms in total. The number of amides is 1. The summed E-state index contributed by atoms with van der Waals surface area (Å²) >= 11 is 5.35. The van der Waals surface area contributed by atoms with Gasteiger partial charge in [-0.1, -0.05) is 31.9 Å². The molecule has 1 amide bonds. The predicted octanol–water partition coefficient (Wildman–Crippen LogP) is 3.41. The van der Waals surface area contributed by atoms with Gasteiger partial charge < -0.3 is 10.6 Å². The molecule has 0 spiro atoms. The molecule has 0 heterocycles. The molecular formula is C18H26N4OS. The Morgan fingerprint density at radius 3 is 2.71 bits per heavy atom. The Labute approximate surface area is 149 Å². The first kappa shape index (κ1) is 18.4. The summed E-state index contributed by atoms with van der Waals surface area (Å²) in [6.45, 7) is 5.67. The van der Waals surface area contributed by atoms with Crippen molar-refractivity contribution in [1.82, 2.24) is 10.7 Å². The first-order valence-electron chi connectivity index (χ1n) is 8.44. The van der Waals surface area contributed by atoms with E-state index in [0.717, 1.165) is 23.4 Å². The molecule has 130 valence electrons. The molecule has 2 atom stereocenters. The molecule has 3 N–H and O–H groups in total. The summed E-state index contributed by atoms with van der Waals surface area (Å²) in [6, 6.07) is 8.01. The van der Waals surface area contributed by atoms with Gasteiger partial charge in [-0.3, -0.25) is 10.2 Å². The third kappa shape index (κ3) is 5.60. The lowest BCUT2D eigenvalue weighted by atomic mass is 9.86. The van der Waals surface area contributed by atoms with Crippen LogP contribution in [0.3, 0.4) is 0 Å². The maximum atomic E-state index is 11.1. The van der Waals surface area contributed by atoms with Crippen molar-refractivity contribution in [1.29, 1.82) is 0 Å². The van der Waals surface area contributed by atoms with Gasteiger partial charge in [0, 0.05) is 18.7 Å². The van der Waals surface area contributed by atoms with E-state index in [4.69, 9.17) is 12.2 Å². The Morgan fingerprint density at radius 1 is 1.25 bits per heavy atom. The fourth-order valence-electron chi connectivity index (χ4n) is 2.96. The van der Waals surface area contributed by atoms with Crippen LogP contribution in [0.15, 0.2) is 29.4 Å².